The van der Waals surface area contributed by atoms with Crippen molar-refractivity contribution in [2.45, 2.75) is 129 Å². The fraction of sp³-hybridized carbons (Fsp3) is 0.571. The number of esters is 1. The first-order valence-corrected chi connectivity index (χ1v) is 20.8. The number of phosphoric ester groups is 1. The lowest BCUT2D eigenvalue weighted by molar-refractivity contribution is -0.154. The molecule has 0 radical (unpaired) electrons. The van der Waals surface area contributed by atoms with E-state index in [0.29, 0.717) is 19.4 Å². The highest BCUT2D eigenvalue weighted by Crippen LogP contribution is 2.43. The highest BCUT2D eigenvalue weighted by molar-refractivity contribution is 7.47. The summed E-state index contributed by atoms with van der Waals surface area (Å²) < 4.78 is 33.1. The van der Waals surface area contributed by atoms with E-state index < -0.39 is 45.1 Å². The van der Waals surface area contributed by atoms with Crippen LogP contribution in [0.3, 0.4) is 0 Å². The van der Waals surface area contributed by atoms with Crippen molar-refractivity contribution in [2.24, 2.45) is 5.73 Å². The molecule has 0 amide bonds. The Labute approximate surface area is 319 Å². The first-order valence-electron chi connectivity index (χ1n) is 19.3. The van der Waals surface area contributed by atoms with E-state index in [4.69, 9.17) is 24.8 Å². The van der Waals surface area contributed by atoms with E-state index in [1.807, 2.05) is 6.08 Å². The third kappa shape index (κ3) is 37.0. The van der Waals surface area contributed by atoms with Crippen molar-refractivity contribution in [1.82, 2.24) is 0 Å². The molecule has 0 saturated heterocycles. The second-order valence-electron chi connectivity index (χ2n) is 12.3. The fourth-order valence-electron chi connectivity index (χ4n) is 4.42. The summed E-state index contributed by atoms with van der Waals surface area (Å²) >= 11 is 0. The lowest BCUT2D eigenvalue weighted by atomic mass is 10.1. The maximum Gasteiger partial charge on any atom is 0.472 e. The van der Waals surface area contributed by atoms with Crippen molar-refractivity contribution in [1.29, 1.82) is 0 Å². The smallest absolute Gasteiger partial charge is 0.472 e. The summed E-state index contributed by atoms with van der Waals surface area (Å²) in [5.74, 6) is -1.86. The van der Waals surface area contributed by atoms with Crippen molar-refractivity contribution >= 4 is 19.8 Å². The molecule has 0 spiro atoms. The van der Waals surface area contributed by atoms with Crippen LogP contribution in [0.5, 0.6) is 0 Å². The van der Waals surface area contributed by atoms with Gasteiger partial charge in [-0.25, -0.2) is 4.57 Å². The average molecular weight is 762 g/mol. The quantitative estimate of drug-likeness (QED) is 0.0246. The molecular formula is C42H68NO9P. The van der Waals surface area contributed by atoms with Crippen LogP contribution in [-0.2, 0) is 32.7 Å². The van der Waals surface area contributed by atoms with Crippen molar-refractivity contribution in [3.05, 3.63) is 97.2 Å². The fourth-order valence-corrected chi connectivity index (χ4v) is 5.19. The van der Waals surface area contributed by atoms with Gasteiger partial charge in [-0.1, -0.05) is 124 Å². The molecule has 0 fully saturated rings. The number of carboxylic acid groups (broad SMARTS) is 1. The summed E-state index contributed by atoms with van der Waals surface area (Å²) in [6.07, 6.45) is 47.6. The molecule has 10 nitrogen and oxygen atoms in total. The van der Waals surface area contributed by atoms with E-state index in [9.17, 15) is 19.0 Å². The summed E-state index contributed by atoms with van der Waals surface area (Å²) in [4.78, 5) is 33.4. The van der Waals surface area contributed by atoms with Gasteiger partial charge in [-0.05, 0) is 83.5 Å². The molecule has 0 aliphatic carbocycles. The summed E-state index contributed by atoms with van der Waals surface area (Å²) in [7, 11) is -4.64. The lowest BCUT2D eigenvalue weighted by Gasteiger charge is -2.20. The third-order valence-corrected chi connectivity index (χ3v) is 8.31. The van der Waals surface area contributed by atoms with Gasteiger partial charge in [0.1, 0.15) is 12.1 Å². The molecule has 0 aliphatic heterocycles. The van der Waals surface area contributed by atoms with Crippen LogP contribution >= 0.6 is 7.82 Å². The van der Waals surface area contributed by atoms with Crippen LogP contribution in [0.15, 0.2) is 97.2 Å². The number of phosphoric acid groups is 1. The zero-order valence-corrected chi connectivity index (χ0v) is 33.2. The van der Waals surface area contributed by atoms with Crippen molar-refractivity contribution in [3.8, 4) is 0 Å². The average Bonchev–Trinajstić information content (AvgIpc) is 3.13. The van der Waals surface area contributed by atoms with Crippen LogP contribution in [-0.4, -0.2) is 60.5 Å². The molecule has 53 heavy (non-hydrogen) atoms. The number of ether oxygens (including phenoxy) is 2. The predicted molar refractivity (Wildman–Crippen MR) is 216 cm³/mol. The molecule has 0 heterocycles. The molecule has 0 aromatic carbocycles. The Balaban J connectivity index is 4.48. The van der Waals surface area contributed by atoms with Gasteiger partial charge in [-0.15, -0.1) is 0 Å². The number of nitrogens with two attached hydrogens (primary N) is 1. The highest BCUT2D eigenvalue weighted by Gasteiger charge is 2.27. The largest absolute Gasteiger partial charge is 0.480 e. The molecule has 3 atom stereocenters. The van der Waals surface area contributed by atoms with Gasteiger partial charge in [0, 0.05) is 13.0 Å². The second kappa shape index (κ2) is 37.2. The molecule has 4 N–H and O–H groups in total. The van der Waals surface area contributed by atoms with Crippen LogP contribution in [0.2, 0.25) is 0 Å². The number of allylic oxidation sites excluding steroid dienone is 16. The number of unbranched alkanes of at least 4 members (excludes halogenated alkanes) is 5. The van der Waals surface area contributed by atoms with E-state index in [2.05, 4.69) is 110 Å². The topological polar surface area (TPSA) is 155 Å². The van der Waals surface area contributed by atoms with Gasteiger partial charge in [-0.2, -0.15) is 0 Å². The van der Waals surface area contributed by atoms with Gasteiger partial charge < -0.3 is 25.2 Å². The van der Waals surface area contributed by atoms with Crippen LogP contribution in [0.1, 0.15) is 117 Å². The molecule has 3 unspecified atom stereocenters. The van der Waals surface area contributed by atoms with Gasteiger partial charge in [0.2, 0.25) is 0 Å². The Morgan fingerprint density at radius 3 is 1.53 bits per heavy atom. The number of hydrogen-bond donors (Lipinski definition) is 3. The first kappa shape index (κ1) is 49.9. The number of carbonyl (C=O) groups is 2. The maximum absolute atomic E-state index is 12.6. The SMILES string of the molecule is CC/C=C\C/C=C\C/C=C\C/C=C\C/C=C\CCCC(=O)OC(COCCCCCC/C=C\C/C=C\C/C=C\CC)COP(=O)(O)OCC(N)C(=O)O. The molecule has 0 aromatic rings. The van der Waals surface area contributed by atoms with Gasteiger partial charge in [0.25, 0.3) is 0 Å². The molecule has 0 bridgehead atoms. The summed E-state index contributed by atoms with van der Waals surface area (Å²) in [6.45, 7) is 3.48. The van der Waals surface area contributed by atoms with E-state index in [1.165, 1.54) is 0 Å². The van der Waals surface area contributed by atoms with E-state index in [1.54, 1.807) is 0 Å². The number of carbonyl (C=O) groups excluding carboxylic acids is 1. The minimum atomic E-state index is -4.64. The Morgan fingerprint density at radius 2 is 1.04 bits per heavy atom. The monoisotopic (exact) mass is 761 g/mol. The van der Waals surface area contributed by atoms with Crippen molar-refractivity contribution in [2.75, 3.05) is 26.4 Å². The number of aliphatic carboxylic acids is 1. The minimum Gasteiger partial charge on any atom is -0.480 e. The molecule has 0 saturated carbocycles. The normalized spacial score (nSPS) is 15.1. The maximum atomic E-state index is 12.6. The minimum absolute atomic E-state index is 0.0281. The van der Waals surface area contributed by atoms with Crippen molar-refractivity contribution in [3.63, 3.8) is 0 Å². The number of hydrogen-bond acceptors (Lipinski definition) is 8. The standard InChI is InChI=1S/C42H68NO9P/c1-3-5-7-9-11-13-15-17-19-20-21-22-24-26-28-30-32-34-41(44)52-39(37-50-53(47,48)51-38-40(43)42(45)46)36-49-35-33-31-29-27-25-23-18-16-14-12-10-8-6-4-2/h5-8,11-14,17-19,21-23,26,28,39-40H,3-4,9-10,15-16,20,24-25,27,29-38,43H2,1-2H3,(H,45,46)(H,47,48)/b7-5-,8-6-,13-11-,14-12-,19-17-,22-21-,23-18-,28-26-. The van der Waals surface area contributed by atoms with Gasteiger partial charge in [0.15, 0.2) is 0 Å². The van der Waals surface area contributed by atoms with Gasteiger partial charge in [0.05, 0.1) is 19.8 Å². The van der Waals surface area contributed by atoms with Crippen LogP contribution in [0.25, 0.3) is 0 Å². The van der Waals surface area contributed by atoms with Gasteiger partial charge >= 0.3 is 19.8 Å². The van der Waals surface area contributed by atoms with Gasteiger partial charge in [-0.3, -0.25) is 18.6 Å². The molecule has 300 valence electrons. The lowest BCUT2D eigenvalue weighted by Crippen LogP contribution is -2.34. The van der Waals surface area contributed by atoms with Crippen molar-refractivity contribution < 1.29 is 42.7 Å². The molecular weight excluding hydrogens is 693 g/mol. The Hall–Kier alpha value is -3.11. The molecule has 11 heteroatoms. The second-order valence-corrected chi connectivity index (χ2v) is 13.7. The highest BCUT2D eigenvalue weighted by atomic mass is 31.2. The number of rotatable bonds is 35. The first-order chi connectivity index (χ1) is 25.7. The number of carboxylic acids is 1. The van der Waals surface area contributed by atoms with Crippen LogP contribution < -0.4 is 5.73 Å². The molecule has 0 aliphatic rings. The Morgan fingerprint density at radius 1 is 0.604 bits per heavy atom. The predicted octanol–water partition coefficient (Wildman–Crippen LogP) is 10.2. The summed E-state index contributed by atoms with van der Waals surface area (Å²) in [6, 6.07) is -1.49. The van der Waals surface area contributed by atoms with E-state index >= 15 is 0 Å². The molecule has 0 rings (SSSR count). The zero-order valence-electron chi connectivity index (χ0n) is 32.3. The third-order valence-electron chi connectivity index (χ3n) is 7.36. The summed E-state index contributed by atoms with van der Waals surface area (Å²) in [5, 5.41) is 8.87. The Kier molecular flexibility index (Phi) is 35.0. The Bertz CT molecular complexity index is 1200. The van der Waals surface area contributed by atoms with E-state index in [-0.39, 0.29) is 13.0 Å². The molecule has 0 aromatic heterocycles. The summed E-state index contributed by atoms with van der Waals surface area (Å²) in [5.41, 5.74) is 5.33. The van der Waals surface area contributed by atoms with E-state index in [0.717, 1.165) is 83.5 Å². The van der Waals surface area contributed by atoms with Crippen LogP contribution in [0.4, 0.5) is 0 Å². The van der Waals surface area contributed by atoms with Crippen LogP contribution in [0, 0.1) is 0 Å². The zero-order chi connectivity index (χ0) is 39.1.